The molecular weight excluding hydrogens is 461 g/mol. The molecule has 2 aliphatic rings. The summed E-state index contributed by atoms with van der Waals surface area (Å²) in [6.45, 7) is -0.775. The van der Waals surface area contributed by atoms with Gasteiger partial charge in [0.2, 0.25) is 10.0 Å². The second-order valence-electron chi connectivity index (χ2n) is 7.87. The van der Waals surface area contributed by atoms with Crippen LogP contribution >= 0.6 is 0 Å². The highest BCUT2D eigenvalue weighted by atomic mass is 32.2. The minimum Gasteiger partial charge on any atom is -0.482 e. The lowest BCUT2D eigenvalue weighted by Crippen LogP contribution is -2.40. The number of nitrogens with zero attached hydrogens (tertiary/aromatic N) is 1. The summed E-state index contributed by atoms with van der Waals surface area (Å²) in [7, 11) is -3.93. The summed E-state index contributed by atoms with van der Waals surface area (Å²) in [4.78, 5) is 12.7. The van der Waals surface area contributed by atoms with E-state index in [4.69, 9.17) is 9.47 Å². The molecule has 1 heterocycles. The summed E-state index contributed by atoms with van der Waals surface area (Å²) in [6, 6.07) is 8.67. The average molecular weight is 484 g/mol. The minimum absolute atomic E-state index is 0.154. The molecule has 4 rings (SSSR count). The maximum atomic E-state index is 13.0. The monoisotopic (exact) mass is 484 g/mol. The Bertz CT molecular complexity index is 1150. The normalized spacial score (nSPS) is 16.9. The van der Waals surface area contributed by atoms with Gasteiger partial charge in [0.1, 0.15) is 5.75 Å². The van der Waals surface area contributed by atoms with Crippen molar-refractivity contribution in [1.29, 1.82) is 0 Å². The Morgan fingerprint density at radius 3 is 2.52 bits per heavy atom. The van der Waals surface area contributed by atoms with Gasteiger partial charge in [-0.15, -0.1) is 0 Å². The van der Waals surface area contributed by atoms with Crippen LogP contribution < -0.4 is 10.1 Å². The Morgan fingerprint density at radius 2 is 1.79 bits per heavy atom. The van der Waals surface area contributed by atoms with E-state index in [0.717, 1.165) is 37.0 Å². The van der Waals surface area contributed by atoms with Crippen LogP contribution in [0.2, 0.25) is 0 Å². The van der Waals surface area contributed by atoms with Crippen LogP contribution in [0.4, 0.5) is 18.9 Å². The fraction of sp³-hybridized carbons (Fsp3) is 0.409. The predicted octanol–water partition coefficient (Wildman–Crippen LogP) is 3.39. The summed E-state index contributed by atoms with van der Waals surface area (Å²) in [5, 5.41) is 2.53. The lowest BCUT2D eigenvalue weighted by Gasteiger charge is -2.26. The number of benzene rings is 2. The quantitative estimate of drug-likeness (QED) is 0.680. The van der Waals surface area contributed by atoms with Gasteiger partial charge in [-0.25, -0.2) is 8.42 Å². The Balaban J connectivity index is 1.63. The van der Waals surface area contributed by atoms with Gasteiger partial charge in [-0.2, -0.15) is 17.5 Å². The average Bonchev–Trinajstić information content (AvgIpc) is 3.26. The molecule has 1 amide bonds. The zero-order chi connectivity index (χ0) is 23.6. The summed E-state index contributed by atoms with van der Waals surface area (Å²) >= 11 is 0. The molecule has 2 aromatic rings. The molecule has 1 aliphatic carbocycles. The molecular formula is C22H23F3N2O5S. The third-order valence-corrected chi connectivity index (χ3v) is 7.45. The molecule has 178 valence electrons. The van der Waals surface area contributed by atoms with Crippen molar-refractivity contribution in [3.63, 3.8) is 0 Å². The van der Waals surface area contributed by atoms with E-state index in [9.17, 15) is 26.4 Å². The molecule has 7 nitrogen and oxygen atoms in total. The third kappa shape index (κ3) is 5.48. The summed E-state index contributed by atoms with van der Waals surface area (Å²) < 4.78 is 75.4. The SMILES string of the molecule is O=C(Nc1cc(S(=O)(=O)N2CCOCC2)ccc1OCC(F)(F)F)c1ccc2c(c1)CCC2. The summed E-state index contributed by atoms with van der Waals surface area (Å²) in [5.41, 5.74) is 2.40. The minimum atomic E-state index is -4.60. The highest BCUT2D eigenvalue weighted by molar-refractivity contribution is 7.89. The van der Waals surface area contributed by atoms with Crippen LogP contribution in [0.25, 0.3) is 0 Å². The molecule has 0 radical (unpaired) electrons. The first-order valence-electron chi connectivity index (χ1n) is 10.5. The topological polar surface area (TPSA) is 84.9 Å². The van der Waals surface area contributed by atoms with E-state index < -0.39 is 28.7 Å². The van der Waals surface area contributed by atoms with E-state index in [1.807, 2.05) is 6.07 Å². The van der Waals surface area contributed by atoms with Crippen LogP contribution in [0.1, 0.15) is 27.9 Å². The molecule has 1 fully saturated rings. The maximum Gasteiger partial charge on any atom is 0.422 e. The molecule has 11 heteroatoms. The van der Waals surface area contributed by atoms with Crippen molar-refractivity contribution in [2.45, 2.75) is 30.3 Å². The van der Waals surface area contributed by atoms with Crippen molar-refractivity contribution in [1.82, 2.24) is 4.31 Å². The third-order valence-electron chi connectivity index (χ3n) is 5.56. The van der Waals surface area contributed by atoms with Crippen molar-refractivity contribution in [2.75, 3.05) is 38.2 Å². The molecule has 0 bridgehead atoms. The van der Waals surface area contributed by atoms with E-state index in [2.05, 4.69) is 5.32 Å². The zero-order valence-electron chi connectivity index (χ0n) is 17.7. The van der Waals surface area contributed by atoms with Gasteiger partial charge >= 0.3 is 6.18 Å². The number of alkyl halides is 3. The largest absolute Gasteiger partial charge is 0.482 e. The zero-order valence-corrected chi connectivity index (χ0v) is 18.5. The highest BCUT2D eigenvalue weighted by Crippen LogP contribution is 2.32. The molecule has 1 aliphatic heterocycles. The lowest BCUT2D eigenvalue weighted by molar-refractivity contribution is -0.153. The Morgan fingerprint density at radius 1 is 1.06 bits per heavy atom. The number of morpholine rings is 1. The number of amides is 1. The van der Waals surface area contributed by atoms with Crippen LogP contribution in [0.5, 0.6) is 5.75 Å². The van der Waals surface area contributed by atoms with Gasteiger partial charge in [-0.1, -0.05) is 6.07 Å². The standard InChI is InChI=1S/C22H23F3N2O5S/c23-22(24,25)14-32-20-7-6-18(33(29,30)27-8-10-31-11-9-27)13-19(20)26-21(28)17-5-4-15-2-1-3-16(15)12-17/h4-7,12-13H,1-3,8-11,14H2,(H,26,28). The number of aryl methyl sites for hydroxylation is 2. The van der Waals surface area contributed by atoms with Crippen molar-refractivity contribution in [3.05, 3.63) is 53.1 Å². The van der Waals surface area contributed by atoms with Crippen LogP contribution in [0.15, 0.2) is 41.3 Å². The number of anilines is 1. The predicted molar refractivity (Wildman–Crippen MR) is 114 cm³/mol. The molecule has 2 aromatic carbocycles. The second kappa shape index (κ2) is 9.32. The van der Waals surface area contributed by atoms with E-state index in [1.54, 1.807) is 12.1 Å². The molecule has 1 N–H and O–H groups in total. The fourth-order valence-corrected chi connectivity index (χ4v) is 5.33. The Kier molecular flexibility index (Phi) is 6.64. The van der Waals surface area contributed by atoms with E-state index in [1.165, 1.54) is 15.9 Å². The van der Waals surface area contributed by atoms with E-state index in [0.29, 0.717) is 5.56 Å². The van der Waals surface area contributed by atoms with Gasteiger partial charge in [0.15, 0.2) is 6.61 Å². The molecule has 0 aromatic heterocycles. The first-order chi connectivity index (χ1) is 15.6. The fourth-order valence-electron chi connectivity index (χ4n) is 3.90. The number of hydrogen-bond acceptors (Lipinski definition) is 5. The van der Waals surface area contributed by atoms with Crippen molar-refractivity contribution >= 4 is 21.6 Å². The smallest absolute Gasteiger partial charge is 0.422 e. The number of sulfonamides is 1. The molecule has 0 saturated carbocycles. The Labute approximate surface area is 189 Å². The number of carbonyl (C=O) groups excluding carboxylic acids is 1. The van der Waals surface area contributed by atoms with Crippen LogP contribution in [-0.2, 0) is 27.6 Å². The van der Waals surface area contributed by atoms with Gasteiger partial charge in [0.25, 0.3) is 5.91 Å². The van der Waals surface area contributed by atoms with Gasteiger partial charge in [0.05, 0.1) is 23.8 Å². The number of hydrogen-bond donors (Lipinski definition) is 1. The van der Waals surface area contributed by atoms with Crippen LogP contribution in [0.3, 0.4) is 0 Å². The van der Waals surface area contributed by atoms with E-state index >= 15 is 0 Å². The first-order valence-corrected chi connectivity index (χ1v) is 11.9. The molecule has 0 spiro atoms. The molecule has 33 heavy (non-hydrogen) atoms. The molecule has 1 saturated heterocycles. The van der Waals surface area contributed by atoms with Gasteiger partial charge in [0, 0.05) is 18.7 Å². The Hall–Kier alpha value is -2.63. The maximum absolute atomic E-state index is 13.0. The first kappa shape index (κ1) is 23.5. The number of fused-ring (bicyclic) bond motifs is 1. The number of halogens is 3. The number of nitrogens with one attached hydrogen (secondary N) is 1. The lowest BCUT2D eigenvalue weighted by atomic mass is 10.1. The van der Waals surface area contributed by atoms with Gasteiger partial charge in [-0.05, 0) is 60.7 Å². The van der Waals surface area contributed by atoms with Crippen molar-refractivity contribution < 1.29 is 35.9 Å². The van der Waals surface area contributed by atoms with Crippen molar-refractivity contribution in [3.8, 4) is 5.75 Å². The van der Waals surface area contributed by atoms with Crippen LogP contribution in [0, 0.1) is 0 Å². The molecule has 0 atom stereocenters. The summed E-state index contributed by atoms with van der Waals surface area (Å²) in [6.07, 6.45) is -1.81. The van der Waals surface area contributed by atoms with Gasteiger partial charge < -0.3 is 14.8 Å². The number of ether oxygens (including phenoxy) is 2. The van der Waals surface area contributed by atoms with Crippen LogP contribution in [-0.4, -0.2) is 57.7 Å². The van der Waals surface area contributed by atoms with E-state index in [-0.39, 0.29) is 42.6 Å². The highest BCUT2D eigenvalue weighted by Gasteiger charge is 2.30. The molecule has 0 unspecified atom stereocenters. The number of rotatable bonds is 6. The number of carbonyl (C=O) groups is 1. The van der Waals surface area contributed by atoms with Gasteiger partial charge in [-0.3, -0.25) is 4.79 Å². The second-order valence-corrected chi connectivity index (χ2v) is 9.81. The van der Waals surface area contributed by atoms with Crippen molar-refractivity contribution in [2.24, 2.45) is 0 Å². The summed E-state index contributed by atoms with van der Waals surface area (Å²) in [5.74, 6) is -0.842.